The Balaban J connectivity index is 1.34. The van der Waals surface area contributed by atoms with E-state index in [1.54, 1.807) is 0 Å². The van der Waals surface area contributed by atoms with E-state index in [9.17, 15) is 0 Å². The molecule has 2 aromatic rings. The number of rotatable bonds is 3. The lowest BCUT2D eigenvalue weighted by Gasteiger charge is -2.38. The Morgan fingerprint density at radius 1 is 1.30 bits per heavy atom. The monoisotopic (exact) mass is 315 g/mol. The van der Waals surface area contributed by atoms with Crippen molar-refractivity contribution in [3.63, 3.8) is 0 Å². The summed E-state index contributed by atoms with van der Waals surface area (Å²) in [7, 11) is 1.98. The molecule has 2 fully saturated rings. The quantitative estimate of drug-likeness (QED) is 0.873. The van der Waals surface area contributed by atoms with Crippen LogP contribution >= 0.6 is 0 Å². The topological polar surface area (TPSA) is 43.4 Å². The second-order valence-corrected chi connectivity index (χ2v) is 7.13. The van der Waals surface area contributed by atoms with Crippen molar-refractivity contribution in [3.8, 4) is 0 Å². The normalized spacial score (nSPS) is 24.5. The molecule has 1 unspecified atom stereocenters. The molecule has 2 aliphatic heterocycles. The molecule has 0 saturated carbocycles. The van der Waals surface area contributed by atoms with Crippen LogP contribution in [0, 0.1) is 6.92 Å². The predicted octanol–water partition coefficient (Wildman–Crippen LogP) is 2.86. The molecule has 2 aromatic heterocycles. The first-order valence-electron chi connectivity index (χ1n) is 8.52. The molecule has 1 spiro atoms. The van der Waals surface area contributed by atoms with E-state index in [0.29, 0.717) is 5.92 Å². The summed E-state index contributed by atoms with van der Waals surface area (Å²) in [6.07, 6.45) is 7.47. The molecule has 0 amide bonds. The Kier molecular flexibility index (Phi) is 3.77. The summed E-state index contributed by atoms with van der Waals surface area (Å²) in [5.41, 5.74) is 1.40. The maximum Gasteiger partial charge on any atom is 0.118 e. The molecule has 0 aromatic carbocycles. The summed E-state index contributed by atoms with van der Waals surface area (Å²) >= 11 is 0. The van der Waals surface area contributed by atoms with Crippen LogP contribution in [0.15, 0.2) is 28.9 Å². The minimum Gasteiger partial charge on any atom is -0.465 e. The largest absolute Gasteiger partial charge is 0.465 e. The highest BCUT2D eigenvalue weighted by Crippen LogP contribution is 2.42. The van der Waals surface area contributed by atoms with E-state index in [1.807, 2.05) is 30.9 Å². The minimum absolute atomic E-state index is 0.0795. The van der Waals surface area contributed by atoms with E-state index in [0.717, 1.165) is 57.0 Å². The van der Waals surface area contributed by atoms with Gasteiger partial charge in [0.2, 0.25) is 0 Å². The Morgan fingerprint density at radius 2 is 2.13 bits per heavy atom. The molecule has 5 nitrogen and oxygen atoms in total. The van der Waals surface area contributed by atoms with Gasteiger partial charge in [0.25, 0.3) is 0 Å². The molecule has 0 aliphatic carbocycles. The zero-order valence-electron chi connectivity index (χ0n) is 14.0. The number of piperidine rings is 1. The summed E-state index contributed by atoms with van der Waals surface area (Å²) in [4.78, 5) is 2.48. The van der Waals surface area contributed by atoms with Gasteiger partial charge in [-0.15, -0.1) is 0 Å². The van der Waals surface area contributed by atoms with Gasteiger partial charge in [0, 0.05) is 32.3 Å². The summed E-state index contributed by atoms with van der Waals surface area (Å²) < 4.78 is 13.9. The number of ether oxygens (including phenoxy) is 1. The zero-order chi connectivity index (χ0) is 15.9. The fourth-order valence-electron chi connectivity index (χ4n) is 3.97. The van der Waals surface area contributed by atoms with Crippen molar-refractivity contribution in [1.29, 1.82) is 0 Å². The Morgan fingerprint density at radius 3 is 2.78 bits per heavy atom. The molecule has 4 heterocycles. The Labute approximate surface area is 137 Å². The van der Waals surface area contributed by atoms with Gasteiger partial charge in [-0.2, -0.15) is 5.10 Å². The van der Waals surface area contributed by atoms with Gasteiger partial charge < -0.3 is 9.15 Å². The first-order chi connectivity index (χ1) is 11.1. The predicted molar refractivity (Wildman–Crippen MR) is 87.2 cm³/mol. The van der Waals surface area contributed by atoms with Gasteiger partial charge in [0.15, 0.2) is 0 Å². The van der Waals surface area contributed by atoms with Crippen molar-refractivity contribution in [1.82, 2.24) is 14.7 Å². The Bertz CT molecular complexity index is 667. The number of nitrogens with zero attached hydrogens (tertiary/aromatic N) is 3. The van der Waals surface area contributed by atoms with Crippen molar-refractivity contribution in [2.24, 2.45) is 7.05 Å². The van der Waals surface area contributed by atoms with E-state index >= 15 is 0 Å². The van der Waals surface area contributed by atoms with Crippen LogP contribution in [0.2, 0.25) is 0 Å². The summed E-state index contributed by atoms with van der Waals surface area (Å²) in [6.45, 7) is 5.91. The third-order valence-corrected chi connectivity index (χ3v) is 5.35. The van der Waals surface area contributed by atoms with Crippen LogP contribution in [0.1, 0.15) is 42.3 Å². The molecule has 5 heteroatoms. The lowest BCUT2D eigenvalue weighted by Crippen LogP contribution is -2.43. The average Bonchev–Trinajstić information content (AvgIpc) is 3.24. The van der Waals surface area contributed by atoms with Crippen molar-refractivity contribution in [2.75, 3.05) is 19.7 Å². The average molecular weight is 315 g/mol. The molecule has 0 radical (unpaired) electrons. The highest BCUT2D eigenvalue weighted by atomic mass is 16.5. The van der Waals surface area contributed by atoms with Crippen LogP contribution in [0.3, 0.4) is 0 Å². The van der Waals surface area contributed by atoms with Crippen molar-refractivity contribution >= 4 is 0 Å². The highest BCUT2D eigenvalue weighted by Gasteiger charge is 2.43. The highest BCUT2D eigenvalue weighted by molar-refractivity contribution is 5.15. The number of furan rings is 1. The third-order valence-electron chi connectivity index (χ3n) is 5.35. The van der Waals surface area contributed by atoms with Crippen molar-refractivity contribution in [3.05, 3.63) is 41.6 Å². The van der Waals surface area contributed by atoms with Gasteiger partial charge in [-0.05, 0) is 43.9 Å². The maximum atomic E-state index is 6.27. The van der Waals surface area contributed by atoms with Gasteiger partial charge in [-0.1, -0.05) is 0 Å². The van der Waals surface area contributed by atoms with E-state index in [2.05, 4.69) is 22.3 Å². The summed E-state index contributed by atoms with van der Waals surface area (Å²) in [5, 5.41) is 4.30. The van der Waals surface area contributed by atoms with Gasteiger partial charge in [0.1, 0.15) is 11.5 Å². The van der Waals surface area contributed by atoms with Crippen LogP contribution in [0.25, 0.3) is 0 Å². The molecule has 0 N–H and O–H groups in total. The van der Waals surface area contributed by atoms with E-state index in [4.69, 9.17) is 9.15 Å². The van der Waals surface area contributed by atoms with Crippen LogP contribution in [0.4, 0.5) is 0 Å². The van der Waals surface area contributed by atoms with Gasteiger partial charge in [-0.3, -0.25) is 9.58 Å². The standard InChI is InChI=1S/C18H25N3O2/c1-14-3-4-17(23-14)12-21-7-5-18(6-8-21)9-15(13-22-18)16-10-19-20(2)11-16/h3-4,10-11,15H,5-9,12-13H2,1-2H3. The Hall–Kier alpha value is -1.59. The fourth-order valence-corrected chi connectivity index (χ4v) is 3.97. The molecule has 0 bridgehead atoms. The van der Waals surface area contributed by atoms with E-state index < -0.39 is 0 Å². The van der Waals surface area contributed by atoms with Gasteiger partial charge >= 0.3 is 0 Å². The number of hydrogen-bond acceptors (Lipinski definition) is 4. The number of aryl methyl sites for hydroxylation is 2. The number of hydrogen-bond donors (Lipinski definition) is 0. The second kappa shape index (κ2) is 5.80. The van der Waals surface area contributed by atoms with Crippen molar-refractivity contribution in [2.45, 2.75) is 44.2 Å². The lowest BCUT2D eigenvalue weighted by atomic mass is 9.84. The van der Waals surface area contributed by atoms with Crippen LogP contribution in [-0.4, -0.2) is 40.0 Å². The van der Waals surface area contributed by atoms with Crippen LogP contribution in [-0.2, 0) is 18.3 Å². The lowest BCUT2D eigenvalue weighted by molar-refractivity contribution is -0.0457. The molecule has 1 atom stereocenters. The third kappa shape index (κ3) is 3.08. The SMILES string of the molecule is Cc1ccc(CN2CCC3(CC2)CC(c2cnn(C)c2)CO3)o1. The van der Waals surface area contributed by atoms with Crippen molar-refractivity contribution < 1.29 is 9.15 Å². The molecule has 4 rings (SSSR count). The first kappa shape index (κ1) is 15.0. The smallest absolute Gasteiger partial charge is 0.118 e. The molecule has 124 valence electrons. The fraction of sp³-hybridized carbons (Fsp3) is 0.611. The first-order valence-corrected chi connectivity index (χ1v) is 8.52. The van der Waals surface area contributed by atoms with E-state index in [1.165, 1.54) is 5.56 Å². The number of likely N-dealkylation sites (tertiary alicyclic amines) is 1. The zero-order valence-corrected chi connectivity index (χ0v) is 14.0. The minimum atomic E-state index is 0.0795. The molecular formula is C18H25N3O2. The molecule has 2 saturated heterocycles. The van der Waals surface area contributed by atoms with Gasteiger partial charge in [-0.25, -0.2) is 0 Å². The van der Waals surface area contributed by atoms with Crippen LogP contribution < -0.4 is 0 Å². The summed E-state index contributed by atoms with van der Waals surface area (Å²) in [5.74, 6) is 2.56. The molecule has 23 heavy (non-hydrogen) atoms. The van der Waals surface area contributed by atoms with Gasteiger partial charge in [0.05, 0.1) is 24.9 Å². The summed E-state index contributed by atoms with van der Waals surface area (Å²) in [6, 6.07) is 4.13. The maximum absolute atomic E-state index is 6.27. The van der Waals surface area contributed by atoms with E-state index in [-0.39, 0.29) is 5.60 Å². The number of aromatic nitrogens is 2. The second-order valence-electron chi connectivity index (χ2n) is 7.13. The molecular weight excluding hydrogens is 290 g/mol. The molecule has 2 aliphatic rings. The van der Waals surface area contributed by atoms with Crippen LogP contribution in [0.5, 0.6) is 0 Å².